The first-order chi connectivity index (χ1) is 8.36. The third kappa shape index (κ3) is 3.72. The van der Waals surface area contributed by atoms with Crippen molar-refractivity contribution in [3.63, 3.8) is 0 Å². The van der Waals surface area contributed by atoms with Crippen LogP contribution < -0.4 is 5.32 Å². The van der Waals surface area contributed by atoms with Crippen LogP contribution in [-0.4, -0.2) is 6.54 Å². The molecule has 0 unspecified atom stereocenters. The Morgan fingerprint density at radius 3 is 2.12 bits per heavy atom. The summed E-state index contributed by atoms with van der Waals surface area (Å²) in [6.45, 7) is 4.21. The molecule has 2 aromatic carbocycles. The van der Waals surface area contributed by atoms with Crippen LogP contribution in [-0.2, 0) is 6.54 Å². The van der Waals surface area contributed by atoms with Crippen molar-refractivity contribution in [3.8, 4) is 0 Å². The minimum Gasteiger partial charge on any atom is -0.312 e. The summed E-state index contributed by atoms with van der Waals surface area (Å²) >= 11 is 0. The Morgan fingerprint density at radius 2 is 1.47 bits per heavy atom. The molecule has 88 valence electrons. The number of nitrogens with one attached hydrogen (secondary N) is 1. The SMILES string of the molecule is C[C@@H](CNCc1ccccc1)c1ccccc1. The van der Waals surface area contributed by atoms with Gasteiger partial charge in [0.1, 0.15) is 0 Å². The zero-order valence-corrected chi connectivity index (χ0v) is 10.3. The highest BCUT2D eigenvalue weighted by molar-refractivity contribution is 5.19. The summed E-state index contributed by atoms with van der Waals surface area (Å²) in [4.78, 5) is 0. The van der Waals surface area contributed by atoms with Gasteiger partial charge in [0.2, 0.25) is 0 Å². The van der Waals surface area contributed by atoms with Crippen molar-refractivity contribution in [2.45, 2.75) is 19.4 Å². The number of benzene rings is 2. The minimum atomic E-state index is 0.555. The summed E-state index contributed by atoms with van der Waals surface area (Å²) in [6, 6.07) is 21.2. The molecular weight excluding hydrogens is 206 g/mol. The molecule has 0 aliphatic heterocycles. The van der Waals surface area contributed by atoms with Gasteiger partial charge in [-0.15, -0.1) is 0 Å². The fourth-order valence-corrected chi connectivity index (χ4v) is 1.93. The fraction of sp³-hybridized carbons (Fsp3) is 0.250. The van der Waals surface area contributed by atoms with E-state index in [-0.39, 0.29) is 0 Å². The van der Waals surface area contributed by atoms with E-state index in [0.29, 0.717) is 5.92 Å². The zero-order chi connectivity index (χ0) is 11.9. The second-order valence-electron chi connectivity index (χ2n) is 4.43. The van der Waals surface area contributed by atoms with Crippen molar-refractivity contribution in [3.05, 3.63) is 71.8 Å². The summed E-state index contributed by atoms with van der Waals surface area (Å²) in [5, 5.41) is 3.50. The average Bonchev–Trinajstić information content (AvgIpc) is 2.41. The predicted octanol–water partition coefficient (Wildman–Crippen LogP) is 3.58. The molecule has 0 heterocycles. The van der Waals surface area contributed by atoms with Gasteiger partial charge in [-0.2, -0.15) is 0 Å². The number of hydrogen-bond donors (Lipinski definition) is 1. The standard InChI is InChI=1S/C16H19N/c1-14(16-10-6-3-7-11-16)12-17-13-15-8-4-2-5-9-15/h2-11,14,17H,12-13H2,1H3/t14-/m0/s1. The zero-order valence-electron chi connectivity index (χ0n) is 10.3. The first-order valence-corrected chi connectivity index (χ1v) is 6.16. The summed E-state index contributed by atoms with van der Waals surface area (Å²) in [6.07, 6.45) is 0. The predicted molar refractivity (Wildman–Crippen MR) is 73.0 cm³/mol. The van der Waals surface area contributed by atoms with Crippen LogP contribution in [0.1, 0.15) is 24.0 Å². The van der Waals surface area contributed by atoms with E-state index in [9.17, 15) is 0 Å². The van der Waals surface area contributed by atoms with Gasteiger partial charge in [0.05, 0.1) is 0 Å². The number of hydrogen-bond acceptors (Lipinski definition) is 1. The Morgan fingerprint density at radius 1 is 0.882 bits per heavy atom. The van der Waals surface area contributed by atoms with E-state index in [1.165, 1.54) is 11.1 Å². The minimum absolute atomic E-state index is 0.555. The Kier molecular flexibility index (Phi) is 4.34. The second kappa shape index (κ2) is 6.21. The van der Waals surface area contributed by atoms with Gasteiger partial charge in [0, 0.05) is 13.1 Å². The topological polar surface area (TPSA) is 12.0 Å². The third-order valence-electron chi connectivity index (χ3n) is 2.99. The molecule has 0 aromatic heterocycles. The maximum atomic E-state index is 3.50. The van der Waals surface area contributed by atoms with Crippen molar-refractivity contribution in [1.82, 2.24) is 5.32 Å². The van der Waals surface area contributed by atoms with Gasteiger partial charge in [0.25, 0.3) is 0 Å². The Labute approximate surface area is 103 Å². The van der Waals surface area contributed by atoms with Crippen molar-refractivity contribution in [1.29, 1.82) is 0 Å². The average molecular weight is 225 g/mol. The molecule has 1 heteroatoms. The molecule has 0 spiro atoms. The van der Waals surface area contributed by atoms with E-state index in [4.69, 9.17) is 0 Å². The van der Waals surface area contributed by atoms with E-state index in [2.05, 4.69) is 72.9 Å². The lowest BCUT2D eigenvalue weighted by Crippen LogP contribution is -2.19. The van der Waals surface area contributed by atoms with E-state index in [1.54, 1.807) is 0 Å². The highest BCUT2D eigenvalue weighted by atomic mass is 14.9. The summed E-state index contributed by atoms with van der Waals surface area (Å²) in [7, 11) is 0. The Bertz CT molecular complexity index is 422. The molecule has 0 fully saturated rings. The van der Waals surface area contributed by atoms with Crippen LogP contribution in [0, 0.1) is 0 Å². The molecule has 0 radical (unpaired) electrons. The highest BCUT2D eigenvalue weighted by Gasteiger charge is 2.03. The lowest BCUT2D eigenvalue weighted by atomic mass is 10.0. The van der Waals surface area contributed by atoms with E-state index < -0.39 is 0 Å². The van der Waals surface area contributed by atoms with Gasteiger partial charge in [0.15, 0.2) is 0 Å². The van der Waals surface area contributed by atoms with Gasteiger partial charge in [-0.05, 0) is 17.0 Å². The van der Waals surface area contributed by atoms with Crippen LogP contribution >= 0.6 is 0 Å². The van der Waals surface area contributed by atoms with Crippen molar-refractivity contribution < 1.29 is 0 Å². The maximum Gasteiger partial charge on any atom is 0.0205 e. The monoisotopic (exact) mass is 225 g/mol. The third-order valence-corrected chi connectivity index (χ3v) is 2.99. The van der Waals surface area contributed by atoms with Crippen LogP contribution in [0.2, 0.25) is 0 Å². The summed E-state index contributed by atoms with van der Waals surface area (Å²) < 4.78 is 0. The largest absolute Gasteiger partial charge is 0.312 e. The molecule has 17 heavy (non-hydrogen) atoms. The molecular formula is C16H19N. The van der Waals surface area contributed by atoms with Crippen molar-refractivity contribution >= 4 is 0 Å². The van der Waals surface area contributed by atoms with Crippen LogP contribution in [0.25, 0.3) is 0 Å². The van der Waals surface area contributed by atoms with Crippen molar-refractivity contribution in [2.75, 3.05) is 6.54 Å². The molecule has 0 bridgehead atoms. The molecule has 0 aliphatic carbocycles. The summed E-state index contributed by atoms with van der Waals surface area (Å²) in [5.74, 6) is 0.555. The highest BCUT2D eigenvalue weighted by Crippen LogP contribution is 2.13. The fourth-order valence-electron chi connectivity index (χ4n) is 1.93. The first-order valence-electron chi connectivity index (χ1n) is 6.16. The quantitative estimate of drug-likeness (QED) is 0.820. The molecule has 1 atom stereocenters. The molecule has 1 N–H and O–H groups in total. The first kappa shape index (κ1) is 11.9. The van der Waals surface area contributed by atoms with Gasteiger partial charge < -0.3 is 5.32 Å². The molecule has 0 saturated carbocycles. The smallest absolute Gasteiger partial charge is 0.0205 e. The van der Waals surface area contributed by atoms with Crippen LogP contribution in [0.3, 0.4) is 0 Å². The molecule has 1 nitrogen and oxygen atoms in total. The van der Waals surface area contributed by atoms with Gasteiger partial charge in [-0.1, -0.05) is 67.6 Å². The summed E-state index contributed by atoms with van der Waals surface area (Å²) in [5.41, 5.74) is 2.74. The Hall–Kier alpha value is -1.60. The lowest BCUT2D eigenvalue weighted by molar-refractivity contribution is 0.615. The van der Waals surface area contributed by atoms with Gasteiger partial charge >= 0.3 is 0 Å². The Balaban J connectivity index is 1.79. The van der Waals surface area contributed by atoms with Crippen LogP contribution in [0.15, 0.2) is 60.7 Å². The molecule has 0 saturated heterocycles. The van der Waals surface area contributed by atoms with Gasteiger partial charge in [-0.3, -0.25) is 0 Å². The number of rotatable bonds is 5. The van der Waals surface area contributed by atoms with E-state index in [1.807, 2.05) is 0 Å². The van der Waals surface area contributed by atoms with E-state index in [0.717, 1.165) is 13.1 Å². The van der Waals surface area contributed by atoms with Crippen molar-refractivity contribution in [2.24, 2.45) is 0 Å². The maximum absolute atomic E-state index is 3.50. The molecule has 0 amide bonds. The molecule has 0 aliphatic rings. The lowest BCUT2D eigenvalue weighted by Gasteiger charge is -2.13. The molecule has 2 rings (SSSR count). The van der Waals surface area contributed by atoms with Crippen LogP contribution in [0.5, 0.6) is 0 Å². The normalized spacial score (nSPS) is 12.3. The van der Waals surface area contributed by atoms with Crippen LogP contribution in [0.4, 0.5) is 0 Å². The van der Waals surface area contributed by atoms with E-state index >= 15 is 0 Å². The molecule has 2 aromatic rings. The van der Waals surface area contributed by atoms with Gasteiger partial charge in [-0.25, -0.2) is 0 Å². The second-order valence-corrected chi connectivity index (χ2v) is 4.43.